The Morgan fingerprint density at radius 2 is 1.33 bits per heavy atom. The molecular formula is C23H24N2O2. The van der Waals surface area contributed by atoms with Crippen molar-refractivity contribution in [3.8, 4) is 11.5 Å². The summed E-state index contributed by atoms with van der Waals surface area (Å²) >= 11 is 0. The summed E-state index contributed by atoms with van der Waals surface area (Å²) in [6, 6.07) is 26.3. The quantitative estimate of drug-likeness (QED) is 0.414. The van der Waals surface area contributed by atoms with Gasteiger partial charge in [0, 0.05) is 12.1 Å². The number of nitrogens with zero attached hydrogens (tertiary/aromatic N) is 2. The Hall–Kier alpha value is -3.27. The van der Waals surface area contributed by atoms with E-state index in [9.17, 15) is 0 Å². The number of benzene rings is 3. The molecule has 0 aromatic heterocycles. The number of hydrogen-bond donors (Lipinski definition) is 0. The van der Waals surface area contributed by atoms with Gasteiger partial charge in [-0.2, -0.15) is 5.10 Å². The summed E-state index contributed by atoms with van der Waals surface area (Å²) in [5.74, 6) is 1.46. The minimum Gasteiger partial charge on any atom is -0.493 e. The molecule has 0 saturated carbocycles. The summed E-state index contributed by atoms with van der Waals surface area (Å²) in [6.07, 6.45) is 0.719. The number of hydrazone groups is 1. The van der Waals surface area contributed by atoms with E-state index in [0.717, 1.165) is 40.6 Å². The Bertz CT molecular complexity index is 853. The second-order valence-corrected chi connectivity index (χ2v) is 6.18. The molecule has 138 valence electrons. The molecule has 3 rings (SSSR count). The molecule has 3 aromatic rings. The Morgan fingerprint density at radius 3 is 1.85 bits per heavy atom. The van der Waals surface area contributed by atoms with Crippen molar-refractivity contribution in [2.45, 2.75) is 13.3 Å². The van der Waals surface area contributed by atoms with Crippen molar-refractivity contribution in [2.24, 2.45) is 5.10 Å². The zero-order valence-corrected chi connectivity index (χ0v) is 15.9. The third-order valence-electron chi connectivity index (χ3n) is 4.18. The van der Waals surface area contributed by atoms with Crippen molar-refractivity contribution in [3.05, 3.63) is 84.4 Å². The molecule has 0 fully saturated rings. The second-order valence-electron chi connectivity index (χ2n) is 6.18. The third-order valence-corrected chi connectivity index (χ3v) is 4.18. The van der Waals surface area contributed by atoms with Crippen LogP contribution in [0, 0.1) is 0 Å². The lowest BCUT2D eigenvalue weighted by molar-refractivity contribution is 0.354. The van der Waals surface area contributed by atoms with E-state index in [1.807, 2.05) is 66.5 Å². The smallest absolute Gasteiger partial charge is 0.160 e. The molecular weight excluding hydrogens is 336 g/mol. The summed E-state index contributed by atoms with van der Waals surface area (Å²) in [4.78, 5) is 0. The fraction of sp³-hybridized carbons (Fsp3) is 0.174. The van der Waals surface area contributed by atoms with Crippen molar-refractivity contribution in [1.82, 2.24) is 0 Å². The number of ether oxygens (including phenoxy) is 2. The average molecular weight is 360 g/mol. The molecule has 0 heterocycles. The van der Waals surface area contributed by atoms with Crippen LogP contribution in [0.2, 0.25) is 0 Å². The molecule has 0 unspecified atom stereocenters. The largest absolute Gasteiger partial charge is 0.493 e. The zero-order valence-electron chi connectivity index (χ0n) is 15.9. The highest BCUT2D eigenvalue weighted by Gasteiger charge is 2.10. The van der Waals surface area contributed by atoms with Gasteiger partial charge in [-0.1, -0.05) is 42.5 Å². The van der Waals surface area contributed by atoms with Crippen LogP contribution in [0.15, 0.2) is 84.0 Å². The highest BCUT2D eigenvalue weighted by Crippen LogP contribution is 2.29. The minimum absolute atomic E-state index is 0.719. The summed E-state index contributed by atoms with van der Waals surface area (Å²) in [6.45, 7) is 2.04. The van der Waals surface area contributed by atoms with Crippen LogP contribution >= 0.6 is 0 Å². The summed E-state index contributed by atoms with van der Waals surface area (Å²) in [7, 11) is 3.29. The van der Waals surface area contributed by atoms with E-state index in [4.69, 9.17) is 14.6 Å². The predicted molar refractivity (Wildman–Crippen MR) is 111 cm³/mol. The number of para-hydroxylation sites is 2. The number of methoxy groups -OCH3 is 2. The molecule has 4 nitrogen and oxygen atoms in total. The molecule has 0 aliphatic heterocycles. The van der Waals surface area contributed by atoms with Crippen LogP contribution in [-0.2, 0) is 6.42 Å². The summed E-state index contributed by atoms with van der Waals surface area (Å²) < 4.78 is 10.7. The molecule has 0 N–H and O–H groups in total. The van der Waals surface area contributed by atoms with E-state index in [0.29, 0.717) is 0 Å². The summed E-state index contributed by atoms with van der Waals surface area (Å²) in [5.41, 5.74) is 4.16. The summed E-state index contributed by atoms with van der Waals surface area (Å²) in [5, 5.41) is 6.86. The van der Waals surface area contributed by atoms with Crippen LogP contribution in [0.5, 0.6) is 11.5 Å². The Labute approximate surface area is 160 Å². The first-order valence-corrected chi connectivity index (χ1v) is 8.86. The van der Waals surface area contributed by atoms with E-state index in [-0.39, 0.29) is 0 Å². The maximum absolute atomic E-state index is 5.40. The monoisotopic (exact) mass is 360 g/mol. The van der Waals surface area contributed by atoms with Crippen molar-refractivity contribution >= 4 is 17.1 Å². The number of hydrogen-bond acceptors (Lipinski definition) is 4. The van der Waals surface area contributed by atoms with E-state index < -0.39 is 0 Å². The lowest BCUT2D eigenvalue weighted by Crippen LogP contribution is -2.13. The van der Waals surface area contributed by atoms with Gasteiger partial charge in [0.15, 0.2) is 11.5 Å². The minimum atomic E-state index is 0.719. The Morgan fingerprint density at radius 1 is 0.778 bits per heavy atom. The van der Waals surface area contributed by atoms with E-state index in [1.165, 1.54) is 0 Å². The molecule has 0 radical (unpaired) electrons. The lowest BCUT2D eigenvalue weighted by Gasteiger charge is -2.20. The fourth-order valence-electron chi connectivity index (χ4n) is 2.90. The van der Waals surface area contributed by atoms with Gasteiger partial charge in [0.2, 0.25) is 0 Å². The molecule has 0 spiro atoms. The van der Waals surface area contributed by atoms with Gasteiger partial charge < -0.3 is 9.47 Å². The SMILES string of the molecule is COc1ccc(CC(C)=NN(c2ccccc2)c2ccccc2)cc1OC. The van der Waals surface area contributed by atoms with Crippen molar-refractivity contribution in [2.75, 3.05) is 19.2 Å². The maximum Gasteiger partial charge on any atom is 0.160 e. The van der Waals surface area contributed by atoms with Crippen LogP contribution in [0.4, 0.5) is 11.4 Å². The first-order chi connectivity index (χ1) is 13.2. The van der Waals surface area contributed by atoms with Crippen LogP contribution in [0.3, 0.4) is 0 Å². The highest BCUT2D eigenvalue weighted by atomic mass is 16.5. The number of rotatable bonds is 7. The Balaban J connectivity index is 1.89. The van der Waals surface area contributed by atoms with Gasteiger partial charge in [0.25, 0.3) is 0 Å². The van der Waals surface area contributed by atoms with Crippen molar-refractivity contribution in [1.29, 1.82) is 0 Å². The van der Waals surface area contributed by atoms with Gasteiger partial charge in [0.1, 0.15) is 0 Å². The van der Waals surface area contributed by atoms with Gasteiger partial charge in [-0.25, -0.2) is 5.01 Å². The Kier molecular flexibility index (Phi) is 6.10. The van der Waals surface area contributed by atoms with E-state index in [2.05, 4.69) is 24.3 Å². The molecule has 0 aliphatic rings. The van der Waals surface area contributed by atoms with Gasteiger partial charge in [-0.15, -0.1) is 0 Å². The molecule has 3 aromatic carbocycles. The van der Waals surface area contributed by atoms with Gasteiger partial charge >= 0.3 is 0 Å². The first kappa shape index (κ1) is 18.5. The maximum atomic E-state index is 5.40. The predicted octanol–water partition coefficient (Wildman–Crippen LogP) is 5.46. The van der Waals surface area contributed by atoms with Crippen LogP contribution in [-0.4, -0.2) is 19.9 Å². The fourth-order valence-corrected chi connectivity index (χ4v) is 2.90. The van der Waals surface area contributed by atoms with E-state index in [1.54, 1.807) is 14.2 Å². The van der Waals surface area contributed by atoms with Crippen LogP contribution in [0.25, 0.3) is 0 Å². The van der Waals surface area contributed by atoms with E-state index >= 15 is 0 Å². The molecule has 0 bridgehead atoms. The zero-order chi connectivity index (χ0) is 19.1. The normalized spacial score (nSPS) is 11.1. The second kappa shape index (κ2) is 8.90. The first-order valence-electron chi connectivity index (χ1n) is 8.86. The number of anilines is 2. The lowest BCUT2D eigenvalue weighted by atomic mass is 10.1. The van der Waals surface area contributed by atoms with Crippen molar-refractivity contribution in [3.63, 3.8) is 0 Å². The van der Waals surface area contributed by atoms with Gasteiger partial charge in [-0.3, -0.25) is 0 Å². The standard InChI is InChI=1S/C23H24N2O2/c1-18(16-19-14-15-22(26-2)23(17-19)27-3)24-25(20-10-6-4-7-11-20)21-12-8-5-9-13-21/h4-15,17H,16H2,1-3H3. The molecule has 4 heteroatoms. The molecule has 0 aliphatic carbocycles. The topological polar surface area (TPSA) is 34.1 Å². The van der Waals surface area contributed by atoms with Crippen molar-refractivity contribution < 1.29 is 9.47 Å². The molecule has 27 heavy (non-hydrogen) atoms. The molecule has 0 saturated heterocycles. The molecule has 0 amide bonds. The third kappa shape index (κ3) is 4.67. The van der Waals surface area contributed by atoms with Gasteiger partial charge in [0.05, 0.1) is 25.6 Å². The van der Waals surface area contributed by atoms with Crippen LogP contribution in [0.1, 0.15) is 12.5 Å². The molecule has 0 atom stereocenters. The highest BCUT2D eigenvalue weighted by molar-refractivity contribution is 5.86. The van der Waals surface area contributed by atoms with Gasteiger partial charge in [-0.05, 0) is 48.9 Å². The average Bonchev–Trinajstić information content (AvgIpc) is 2.73. The van der Waals surface area contributed by atoms with Crippen LogP contribution < -0.4 is 14.5 Å².